The van der Waals surface area contributed by atoms with Gasteiger partial charge in [-0.15, -0.1) is 0 Å². The van der Waals surface area contributed by atoms with Crippen LogP contribution in [0.15, 0.2) is 72.9 Å². The molecule has 172 valence electrons. The molecule has 34 heavy (non-hydrogen) atoms. The van der Waals surface area contributed by atoms with E-state index >= 15 is 0 Å². The number of carbonyl (C=O) groups excluding carboxylic acids is 1. The molecule has 0 radical (unpaired) electrons. The molecule has 0 atom stereocenters. The van der Waals surface area contributed by atoms with Crippen LogP contribution in [0.2, 0.25) is 5.02 Å². The van der Waals surface area contributed by atoms with Gasteiger partial charge >= 0.3 is 5.97 Å². The van der Waals surface area contributed by atoms with E-state index in [0.717, 1.165) is 28.5 Å². The fraction of sp³-hybridized carbons (Fsp3) is 0.179. The molecule has 0 saturated heterocycles. The van der Waals surface area contributed by atoms with Crippen LogP contribution in [0.4, 0.5) is 4.39 Å². The van der Waals surface area contributed by atoms with E-state index in [2.05, 4.69) is 4.98 Å². The Morgan fingerprint density at radius 1 is 0.941 bits per heavy atom. The van der Waals surface area contributed by atoms with E-state index in [0.29, 0.717) is 29.0 Å². The first-order valence-electron chi connectivity index (χ1n) is 11.0. The molecule has 0 fully saturated rings. The minimum atomic E-state index is -0.921. The summed E-state index contributed by atoms with van der Waals surface area (Å²) in [4.78, 5) is 28.2. The summed E-state index contributed by atoms with van der Waals surface area (Å²) in [5.74, 6) is -1.68. The van der Waals surface area contributed by atoms with Crippen LogP contribution in [0, 0.1) is 5.82 Å². The maximum atomic E-state index is 14.8. The number of rotatable bonds is 9. The van der Waals surface area contributed by atoms with Crippen molar-refractivity contribution in [2.45, 2.75) is 32.1 Å². The molecule has 4 nitrogen and oxygen atoms in total. The average Bonchev–Trinajstić information content (AvgIpc) is 2.82. The fourth-order valence-electron chi connectivity index (χ4n) is 4.08. The van der Waals surface area contributed by atoms with E-state index in [4.69, 9.17) is 16.7 Å². The molecular formula is C28H23ClFNO3. The van der Waals surface area contributed by atoms with Crippen molar-refractivity contribution in [2.75, 3.05) is 0 Å². The Bertz CT molecular complexity index is 1350. The van der Waals surface area contributed by atoms with Gasteiger partial charge in [0, 0.05) is 29.4 Å². The van der Waals surface area contributed by atoms with Gasteiger partial charge in [-0.25, -0.2) is 4.39 Å². The third-order valence-corrected chi connectivity index (χ3v) is 6.04. The molecule has 1 heterocycles. The van der Waals surface area contributed by atoms with Crippen LogP contribution in [0.5, 0.6) is 0 Å². The highest BCUT2D eigenvalue weighted by Gasteiger charge is 2.14. The maximum Gasteiger partial charge on any atom is 0.307 e. The zero-order valence-corrected chi connectivity index (χ0v) is 19.2. The lowest BCUT2D eigenvalue weighted by Crippen LogP contribution is -2.05. The van der Waals surface area contributed by atoms with Crippen molar-refractivity contribution in [2.24, 2.45) is 0 Å². The molecule has 0 spiro atoms. The molecule has 0 aliphatic heterocycles. The van der Waals surface area contributed by atoms with Gasteiger partial charge in [0.05, 0.1) is 17.7 Å². The molecule has 0 aliphatic carbocycles. The van der Waals surface area contributed by atoms with Gasteiger partial charge in [0.1, 0.15) is 5.82 Å². The number of Topliss-reactive ketones (excluding diaryl/α,β-unsaturated/α-hetero) is 1. The van der Waals surface area contributed by atoms with E-state index in [9.17, 15) is 14.0 Å². The lowest BCUT2D eigenvalue weighted by atomic mass is 9.97. The Morgan fingerprint density at radius 2 is 1.65 bits per heavy atom. The number of aliphatic carboxylic acids is 1. The zero-order valence-electron chi connectivity index (χ0n) is 18.4. The van der Waals surface area contributed by atoms with Crippen LogP contribution < -0.4 is 0 Å². The number of benzene rings is 3. The van der Waals surface area contributed by atoms with Crippen LogP contribution in [0.3, 0.4) is 0 Å². The average molecular weight is 476 g/mol. The summed E-state index contributed by atoms with van der Waals surface area (Å²) < 4.78 is 14.8. The Labute approximate surface area is 202 Å². The SMILES string of the molecule is O=C(O)Cc1cnc(Cc2ccc(C(=O)CCCc3ccc(Cl)cc3)c(F)c2)c2ccccc12. The number of carboxylic acids is 1. The van der Waals surface area contributed by atoms with Gasteiger partial charge in [-0.05, 0) is 59.2 Å². The highest BCUT2D eigenvalue weighted by atomic mass is 35.5. The third kappa shape index (κ3) is 5.67. The molecule has 4 rings (SSSR count). The van der Waals surface area contributed by atoms with Gasteiger partial charge in [-0.1, -0.05) is 54.1 Å². The number of aryl methyl sites for hydroxylation is 1. The molecule has 6 heteroatoms. The van der Waals surface area contributed by atoms with Crippen molar-refractivity contribution < 1.29 is 19.1 Å². The minimum absolute atomic E-state index is 0.0921. The van der Waals surface area contributed by atoms with Gasteiger partial charge in [-0.3, -0.25) is 14.6 Å². The summed E-state index contributed by atoms with van der Waals surface area (Å²) in [6.07, 6.45) is 3.43. The maximum absolute atomic E-state index is 14.8. The van der Waals surface area contributed by atoms with E-state index < -0.39 is 11.8 Å². The summed E-state index contributed by atoms with van der Waals surface area (Å²) in [7, 11) is 0. The molecular weight excluding hydrogens is 453 g/mol. The van der Waals surface area contributed by atoms with Crippen LogP contribution in [-0.2, 0) is 24.1 Å². The standard InChI is InChI=1S/C28H23ClFNO3/c29-21-11-8-18(9-12-21)4-3-7-27(32)24-13-10-19(14-25(24)30)15-26-23-6-2-1-5-22(23)20(17-31-26)16-28(33)34/h1-2,5-6,8-14,17H,3-4,7,15-16H2,(H,33,34). The number of pyridine rings is 1. The number of nitrogens with zero attached hydrogens (tertiary/aromatic N) is 1. The van der Waals surface area contributed by atoms with E-state index in [-0.39, 0.29) is 24.2 Å². The van der Waals surface area contributed by atoms with Crippen molar-refractivity contribution in [1.29, 1.82) is 0 Å². The second kappa shape index (κ2) is 10.6. The number of ketones is 1. The van der Waals surface area contributed by atoms with Gasteiger partial charge in [0.15, 0.2) is 5.78 Å². The molecule has 1 N–H and O–H groups in total. The summed E-state index contributed by atoms with van der Waals surface area (Å²) in [6, 6.07) is 19.6. The number of fused-ring (bicyclic) bond motifs is 1. The van der Waals surface area contributed by atoms with Gasteiger partial charge in [-0.2, -0.15) is 0 Å². The Kier molecular flexibility index (Phi) is 7.33. The quantitative estimate of drug-likeness (QED) is 0.282. The Morgan fingerprint density at radius 3 is 2.35 bits per heavy atom. The molecule has 0 unspecified atom stereocenters. The first-order valence-corrected chi connectivity index (χ1v) is 11.4. The van der Waals surface area contributed by atoms with E-state index in [1.54, 1.807) is 12.3 Å². The molecule has 3 aromatic carbocycles. The van der Waals surface area contributed by atoms with Crippen molar-refractivity contribution in [3.8, 4) is 0 Å². The van der Waals surface area contributed by atoms with Gasteiger partial charge in [0.2, 0.25) is 0 Å². The number of carbonyl (C=O) groups is 2. The predicted molar refractivity (Wildman–Crippen MR) is 131 cm³/mol. The van der Waals surface area contributed by atoms with Gasteiger partial charge < -0.3 is 5.11 Å². The number of halogens is 2. The van der Waals surface area contributed by atoms with Crippen LogP contribution in [0.25, 0.3) is 10.8 Å². The van der Waals surface area contributed by atoms with Crippen molar-refractivity contribution in [3.05, 3.63) is 112 Å². The zero-order chi connectivity index (χ0) is 24.1. The molecule has 1 aromatic heterocycles. The van der Waals surface area contributed by atoms with E-state index in [1.807, 2.05) is 48.5 Å². The Balaban J connectivity index is 1.46. The summed E-state index contributed by atoms with van der Waals surface area (Å²) in [6.45, 7) is 0. The summed E-state index contributed by atoms with van der Waals surface area (Å²) >= 11 is 5.89. The third-order valence-electron chi connectivity index (χ3n) is 5.79. The van der Waals surface area contributed by atoms with Crippen LogP contribution in [-0.4, -0.2) is 21.8 Å². The van der Waals surface area contributed by atoms with E-state index in [1.165, 1.54) is 12.1 Å². The van der Waals surface area contributed by atoms with Crippen molar-refractivity contribution in [3.63, 3.8) is 0 Å². The molecule has 0 saturated carbocycles. The fourth-order valence-corrected chi connectivity index (χ4v) is 4.21. The lowest BCUT2D eigenvalue weighted by Gasteiger charge is -2.10. The summed E-state index contributed by atoms with van der Waals surface area (Å²) in [5, 5.41) is 11.5. The smallest absolute Gasteiger partial charge is 0.307 e. The highest BCUT2D eigenvalue weighted by Crippen LogP contribution is 2.24. The normalized spacial score (nSPS) is 11.0. The molecule has 4 aromatic rings. The lowest BCUT2D eigenvalue weighted by molar-refractivity contribution is -0.136. The molecule has 0 amide bonds. The monoisotopic (exact) mass is 475 g/mol. The first-order chi connectivity index (χ1) is 16.4. The molecule has 0 aliphatic rings. The predicted octanol–water partition coefficient (Wildman–Crippen LogP) is 6.45. The number of hydrogen-bond acceptors (Lipinski definition) is 3. The number of aromatic nitrogens is 1. The summed E-state index contributed by atoms with van der Waals surface area (Å²) in [5.41, 5.74) is 3.24. The van der Waals surface area contributed by atoms with Crippen molar-refractivity contribution >= 4 is 34.1 Å². The van der Waals surface area contributed by atoms with Crippen LogP contribution >= 0.6 is 11.6 Å². The van der Waals surface area contributed by atoms with Crippen LogP contribution in [0.1, 0.15) is 45.6 Å². The topological polar surface area (TPSA) is 67.3 Å². The highest BCUT2D eigenvalue weighted by molar-refractivity contribution is 6.30. The molecule has 0 bridgehead atoms. The first kappa shape index (κ1) is 23.6. The second-order valence-electron chi connectivity index (χ2n) is 8.24. The number of carboxylic acid groups (broad SMARTS) is 1. The van der Waals surface area contributed by atoms with Gasteiger partial charge in [0.25, 0.3) is 0 Å². The second-order valence-corrected chi connectivity index (χ2v) is 8.68. The largest absolute Gasteiger partial charge is 0.481 e. The Hall–Kier alpha value is -3.57. The minimum Gasteiger partial charge on any atom is -0.481 e. The number of hydrogen-bond donors (Lipinski definition) is 1. The van der Waals surface area contributed by atoms with Crippen molar-refractivity contribution in [1.82, 2.24) is 4.98 Å².